The molecule has 4 nitrogen and oxygen atoms in total. The highest BCUT2D eigenvalue weighted by atomic mass is 35.5. The summed E-state index contributed by atoms with van der Waals surface area (Å²) in [6.07, 6.45) is 3.15. The van der Waals surface area contributed by atoms with Gasteiger partial charge in [-0.25, -0.2) is 0 Å². The van der Waals surface area contributed by atoms with Gasteiger partial charge in [-0.2, -0.15) is 0 Å². The Morgan fingerprint density at radius 1 is 1.15 bits per heavy atom. The van der Waals surface area contributed by atoms with Crippen molar-refractivity contribution in [3.8, 4) is 11.5 Å². The van der Waals surface area contributed by atoms with E-state index >= 15 is 0 Å². The molecule has 1 saturated heterocycles. The van der Waals surface area contributed by atoms with E-state index in [1.165, 1.54) is 0 Å². The van der Waals surface area contributed by atoms with E-state index in [2.05, 4.69) is 0 Å². The van der Waals surface area contributed by atoms with Crippen molar-refractivity contribution in [1.29, 1.82) is 0 Å². The lowest BCUT2D eigenvalue weighted by Crippen LogP contribution is -2.31. The number of hydrogen-bond donors (Lipinski definition) is 0. The number of hydrogen-bond acceptors (Lipinski definition) is 3. The summed E-state index contributed by atoms with van der Waals surface area (Å²) in [6, 6.07) is 13.5. The van der Waals surface area contributed by atoms with E-state index in [-0.39, 0.29) is 11.9 Å². The summed E-state index contributed by atoms with van der Waals surface area (Å²) < 4.78 is 10.9. The zero-order chi connectivity index (χ0) is 18.5. The van der Waals surface area contributed by atoms with Crippen LogP contribution in [0, 0.1) is 0 Å². The van der Waals surface area contributed by atoms with Crippen molar-refractivity contribution in [1.82, 2.24) is 4.90 Å². The number of likely N-dealkylation sites (tertiary alicyclic amines) is 1. The van der Waals surface area contributed by atoms with Crippen LogP contribution in [0.2, 0.25) is 5.02 Å². The van der Waals surface area contributed by atoms with E-state index in [1.54, 1.807) is 14.2 Å². The molecule has 0 spiro atoms. The van der Waals surface area contributed by atoms with Gasteiger partial charge in [-0.1, -0.05) is 23.7 Å². The van der Waals surface area contributed by atoms with Crippen molar-refractivity contribution in [2.45, 2.75) is 31.7 Å². The summed E-state index contributed by atoms with van der Waals surface area (Å²) in [4.78, 5) is 14.8. The Balaban J connectivity index is 1.73. The van der Waals surface area contributed by atoms with E-state index < -0.39 is 0 Å². The molecule has 2 aromatic rings. The van der Waals surface area contributed by atoms with E-state index in [0.717, 1.165) is 42.0 Å². The highest BCUT2D eigenvalue weighted by molar-refractivity contribution is 6.30. The summed E-state index contributed by atoms with van der Waals surface area (Å²) in [6.45, 7) is 0.782. The first-order valence-electron chi connectivity index (χ1n) is 8.88. The van der Waals surface area contributed by atoms with Gasteiger partial charge in [0.25, 0.3) is 0 Å². The van der Waals surface area contributed by atoms with Crippen LogP contribution in [0.3, 0.4) is 0 Å². The maximum Gasteiger partial charge on any atom is 0.223 e. The van der Waals surface area contributed by atoms with Crippen LogP contribution in [-0.2, 0) is 11.2 Å². The van der Waals surface area contributed by atoms with Crippen LogP contribution >= 0.6 is 11.6 Å². The SMILES string of the molecule is COc1ccc(OC)c(C2CCCN2C(=O)CCc2ccc(Cl)cc2)c1. The van der Waals surface area contributed by atoms with Gasteiger partial charge in [0.15, 0.2) is 0 Å². The Kier molecular flexibility index (Phi) is 6.04. The zero-order valence-electron chi connectivity index (χ0n) is 15.2. The van der Waals surface area contributed by atoms with Crippen LogP contribution < -0.4 is 9.47 Å². The fourth-order valence-electron chi connectivity index (χ4n) is 3.53. The van der Waals surface area contributed by atoms with Crippen LogP contribution in [0.4, 0.5) is 0 Å². The molecule has 1 unspecified atom stereocenters. The van der Waals surface area contributed by atoms with Gasteiger partial charge in [0.2, 0.25) is 5.91 Å². The molecule has 0 saturated carbocycles. The molecule has 0 N–H and O–H groups in total. The number of carbonyl (C=O) groups is 1. The first kappa shape index (κ1) is 18.6. The molecular formula is C21H24ClNO3. The minimum absolute atomic E-state index is 0.0396. The standard InChI is InChI=1S/C21H24ClNO3/c1-25-17-10-11-20(26-2)18(14-17)19-4-3-13-23(19)21(24)12-7-15-5-8-16(22)9-6-15/h5-6,8-11,14,19H,3-4,7,12-13H2,1-2H3. The predicted molar refractivity (Wildman–Crippen MR) is 103 cm³/mol. The number of methoxy groups -OCH3 is 2. The second-order valence-electron chi connectivity index (χ2n) is 6.48. The Morgan fingerprint density at radius 3 is 2.62 bits per heavy atom. The molecular weight excluding hydrogens is 350 g/mol. The number of aryl methyl sites for hydroxylation is 1. The molecule has 1 fully saturated rings. The molecule has 1 aliphatic heterocycles. The topological polar surface area (TPSA) is 38.8 Å². The molecule has 3 rings (SSSR count). The molecule has 138 valence electrons. The number of nitrogens with zero attached hydrogens (tertiary/aromatic N) is 1. The second kappa shape index (κ2) is 8.45. The number of amides is 1. The normalized spacial score (nSPS) is 16.6. The van der Waals surface area contributed by atoms with Crippen molar-refractivity contribution < 1.29 is 14.3 Å². The molecule has 0 bridgehead atoms. The minimum Gasteiger partial charge on any atom is -0.497 e. The summed E-state index contributed by atoms with van der Waals surface area (Å²) >= 11 is 5.92. The fourth-order valence-corrected chi connectivity index (χ4v) is 3.66. The van der Waals surface area contributed by atoms with Crippen LogP contribution in [0.15, 0.2) is 42.5 Å². The Morgan fingerprint density at radius 2 is 1.92 bits per heavy atom. The molecule has 5 heteroatoms. The summed E-state index contributed by atoms with van der Waals surface area (Å²) in [5, 5.41) is 0.713. The van der Waals surface area contributed by atoms with Crippen molar-refractivity contribution in [2.75, 3.05) is 20.8 Å². The lowest BCUT2D eigenvalue weighted by molar-refractivity contribution is -0.132. The molecule has 26 heavy (non-hydrogen) atoms. The van der Waals surface area contributed by atoms with Gasteiger partial charge in [0.1, 0.15) is 11.5 Å². The molecule has 2 aromatic carbocycles. The van der Waals surface area contributed by atoms with Crippen LogP contribution in [0.25, 0.3) is 0 Å². The van der Waals surface area contributed by atoms with E-state index in [4.69, 9.17) is 21.1 Å². The van der Waals surface area contributed by atoms with Crippen molar-refractivity contribution in [3.05, 3.63) is 58.6 Å². The summed E-state index contributed by atoms with van der Waals surface area (Å²) in [7, 11) is 3.31. The van der Waals surface area contributed by atoms with Gasteiger partial charge in [-0.3, -0.25) is 4.79 Å². The van der Waals surface area contributed by atoms with Crippen LogP contribution in [0.5, 0.6) is 11.5 Å². The third kappa shape index (κ3) is 4.13. The Bertz CT molecular complexity index is 760. The Labute approximate surface area is 159 Å². The van der Waals surface area contributed by atoms with Gasteiger partial charge in [-0.05, 0) is 55.2 Å². The smallest absolute Gasteiger partial charge is 0.223 e. The third-order valence-corrected chi connectivity index (χ3v) is 5.16. The number of carbonyl (C=O) groups excluding carboxylic acids is 1. The first-order chi connectivity index (χ1) is 12.6. The molecule has 1 heterocycles. The number of rotatable bonds is 6. The zero-order valence-corrected chi connectivity index (χ0v) is 16.0. The number of benzene rings is 2. The lowest BCUT2D eigenvalue weighted by Gasteiger charge is -2.27. The van der Waals surface area contributed by atoms with Gasteiger partial charge in [0.05, 0.1) is 20.3 Å². The first-order valence-corrected chi connectivity index (χ1v) is 9.26. The summed E-state index contributed by atoms with van der Waals surface area (Å²) in [5.41, 5.74) is 2.14. The lowest BCUT2D eigenvalue weighted by atomic mass is 10.0. The fraction of sp³-hybridized carbons (Fsp3) is 0.381. The average molecular weight is 374 g/mol. The van der Waals surface area contributed by atoms with Crippen LogP contribution in [-0.4, -0.2) is 31.6 Å². The molecule has 0 aliphatic carbocycles. The largest absolute Gasteiger partial charge is 0.497 e. The van der Waals surface area contributed by atoms with Gasteiger partial charge >= 0.3 is 0 Å². The maximum absolute atomic E-state index is 12.9. The van der Waals surface area contributed by atoms with Crippen molar-refractivity contribution in [3.63, 3.8) is 0 Å². The Hall–Kier alpha value is -2.20. The third-order valence-electron chi connectivity index (χ3n) is 4.91. The van der Waals surface area contributed by atoms with Crippen molar-refractivity contribution in [2.24, 2.45) is 0 Å². The maximum atomic E-state index is 12.9. The minimum atomic E-state index is 0.0396. The molecule has 1 aliphatic rings. The van der Waals surface area contributed by atoms with Gasteiger partial charge in [-0.15, -0.1) is 0 Å². The summed E-state index contributed by atoms with van der Waals surface area (Å²) in [5.74, 6) is 1.75. The molecule has 0 aromatic heterocycles. The van der Waals surface area contributed by atoms with Gasteiger partial charge < -0.3 is 14.4 Å². The van der Waals surface area contributed by atoms with E-state index in [0.29, 0.717) is 17.9 Å². The quantitative estimate of drug-likeness (QED) is 0.739. The average Bonchev–Trinajstić information content (AvgIpc) is 3.16. The molecule has 1 atom stereocenters. The highest BCUT2D eigenvalue weighted by Gasteiger charge is 2.31. The monoisotopic (exact) mass is 373 g/mol. The van der Waals surface area contributed by atoms with Crippen LogP contribution in [0.1, 0.15) is 36.4 Å². The highest BCUT2D eigenvalue weighted by Crippen LogP contribution is 2.39. The van der Waals surface area contributed by atoms with Crippen molar-refractivity contribution >= 4 is 17.5 Å². The number of ether oxygens (including phenoxy) is 2. The molecule has 1 amide bonds. The van der Waals surface area contributed by atoms with E-state index in [9.17, 15) is 4.79 Å². The molecule has 0 radical (unpaired) electrons. The predicted octanol–water partition coefficient (Wildman–Crippen LogP) is 4.65. The van der Waals surface area contributed by atoms with E-state index in [1.807, 2.05) is 47.4 Å². The second-order valence-corrected chi connectivity index (χ2v) is 6.92. The van der Waals surface area contributed by atoms with Gasteiger partial charge in [0, 0.05) is 23.6 Å². The number of halogens is 1.